The van der Waals surface area contributed by atoms with E-state index in [4.69, 9.17) is 4.74 Å². The van der Waals surface area contributed by atoms with Crippen LogP contribution in [0.3, 0.4) is 0 Å². The summed E-state index contributed by atoms with van der Waals surface area (Å²) in [5.74, 6) is -5.64. The van der Waals surface area contributed by atoms with E-state index in [0.717, 1.165) is 16.0 Å². The molecule has 0 spiro atoms. The zero-order chi connectivity index (χ0) is 19.8. The Labute approximate surface area is 155 Å². The van der Waals surface area contributed by atoms with Gasteiger partial charge in [0.1, 0.15) is 0 Å². The molecule has 2 saturated heterocycles. The summed E-state index contributed by atoms with van der Waals surface area (Å²) in [5.41, 5.74) is 0.683. The van der Waals surface area contributed by atoms with Crippen LogP contribution in [0.4, 0.5) is 13.2 Å². The lowest BCUT2D eigenvalue weighted by atomic mass is 9.71. The highest BCUT2D eigenvalue weighted by molar-refractivity contribution is 5.90. The minimum absolute atomic E-state index is 0.332. The normalized spacial score (nSPS) is 25.4. The second-order valence-electron chi connectivity index (χ2n) is 7.31. The fourth-order valence-electron chi connectivity index (χ4n) is 4.28. The van der Waals surface area contributed by atoms with E-state index in [0.29, 0.717) is 26.1 Å². The number of ether oxygens (including phenoxy) is 1. The molecular weight excluding hydrogens is 363 g/mol. The van der Waals surface area contributed by atoms with E-state index in [9.17, 15) is 27.9 Å². The average molecular weight is 385 g/mol. The number of hydrogen-bond acceptors (Lipinski definition) is 3. The molecule has 2 atom stereocenters. The second-order valence-corrected chi connectivity index (χ2v) is 7.31. The van der Waals surface area contributed by atoms with Crippen molar-refractivity contribution in [3.8, 4) is 0 Å². The second kappa shape index (κ2) is 7.14. The fourth-order valence-corrected chi connectivity index (χ4v) is 4.28. The summed E-state index contributed by atoms with van der Waals surface area (Å²) in [4.78, 5) is 25.9. The number of nitrogens with zero attached hydrogens (tertiary/aromatic N) is 1. The van der Waals surface area contributed by atoms with Gasteiger partial charge in [0.15, 0.2) is 0 Å². The fraction of sp³-hybridized carbons (Fsp3) is 0.579. The molecule has 2 aliphatic heterocycles. The minimum atomic E-state index is -4.66. The van der Waals surface area contributed by atoms with Gasteiger partial charge in [-0.15, -0.1) is 0 Å². The molecule has 148 valence electrons. The van der Waals surface area contributed by atoms with Crippen molar-refractivity contribution in [1.82, 2.24) is 4.90 Å². The van der Waals surface area contributed by atoms with Crippen LogP contribution in [0.5, 0.6) is 0 Å². The van der Waals surface area contributed by atoms with Gasteiger partial charge >= 0.3 is 12.1 Å². The number of carboxylic acid groups (broad SMARTS) is 1. The van der Waals surface area contributed by atoms with E-state index in [-0.39, 0.29) is 0 Å². The maximum absolute atomic E-state index is 13.4. The molecule has 2 aliphatic rings. The first kappa shape index (κ1) is 19.7. The van der Waals surface area contributed by atoms with Crippen molar-refractivity contribution in [3.63, 3.8) is 0 Å². The van der Waals surface area contributed by atoms with Crippen molar-refractivity contribution in [2.45, 2.75) is 31.4 Å². The zero-order valence-corrected chi connectivity index (χ0v) is 15.0. The lowest BCUT2D eigenvalue weighted by molar-refractivity contribution is -0.188. The molecule has 0 saturated carbocycles. The zero-order valence-electron chi connectivity index (χ0n) is 15.0. The predicted molar refractivity (Wildman–Crippen MR) is 90.2 cm³/mol. The molecule has 0 unspecified atom stereocenters. The molecular formula is C19H22F3NO4. The Morgan fingerprint density at radius 2 is 1.81 bits per heavy atom. The van der Waals surface area contributed by atoms with Gasteiger partial charge in [-0.2, -0.15) is 13.2 Å². The molecule has 5 nitrogen and oxygen atoms in total. The van der Waals surface area contributed by atoms with E-state index in [1.54, 1.807) is 6.07 Å². The van der Waals surface area contributed by atoms with Crippen molar-refractivity contribution in [1.29, 1.82) is 0 Å². The van der Waals surface area contributed by atoms with E-state index in [1.807, 2.05) is 25.1 Å². The van der Waals surface area contributed by atoms with E-state index < -0.39 is 48.4 Å². The quantitative estimate of drug-likeness (QED) is 0.869. The smallest absolute Gasteiger partial charge is 0.394 e. The average Bonchev–Trinajstić information content (AvgIpc) is 3.08. The molecule has 0 radical (unpaired) electrons. The van der Waals surface area contributed by atoms with Crippen molar-refractivity contribution in [2.75, 3.05) is 26.3 Å². The maximum atomic E-state index is 13.4. The number of carboxylic acids is 1. The molecule has 1 N–H and O–H groups in total. The van der Waals surface area contributed by atoms with Crippen LogP contribution in [0.25, 0.3) is 0 Å². The first-order chi connectivity index (χ1) is 12.7. The number of carbonyl (C=O) groups excluding carboxylic acids is 1. The number of aliphatic carboxylic acids is 1. The van der Waals surface area contributed by atoms with Crippen LogP contribution < -0.4 is 0 Å². The number of alkyl halides is 3. The monoisotopic (exact) mass is 385 g/mol. The molecule has 0 aliphatic carbocycles. The topological polar surface area (TPSA) is 66.8 Å². The lowest BCUT2D eigenvalue weighted by Crippen LogP contribution is -2.50. The van der Waals surface area contributed by atoms with Gasteiger partial charge in [-0.25, -0.2) is 0 Å². The van der Waals surface area contributed by atoms with Crippen LogP contribution in [-0.4, -0.2) is 54.4 Å². The number of rotatable bonds is 3. The SMILES string of the molecule is Cc1ccccc1C1(C(=O)N2C[C@@H](C(F)(F)F)[C@H](C(=O)O)C2)CCOCC1. The highest BCUT2D eigenvalue weighted by Gasteiger charge is 2.56. The van der Waals surface area contributed by atoms with Gasteiger partial charge in [0.25, 0.3) is 0 Å². The van der Waals surface area contributed by atoms with Gasteiger partial charge in [-0.1, -0.05) is 24.3 Å². The molecule has 1 amide bonds. The Kier molecular flexibility index (Phi) is 5.20. The first-order valence-corrected chi connectivity index (χ1v) is 8.89. The van der Waals surface area contributed by atoms with Gasteiger partial charge in [0.05, 0.1) is 17.3 Å². The van der Waals surface area contributed by atoms with Gasteiger partial charge in [0, 0.05) is 26.3 Å². The lowest BCUT2D eigenvalue weighted by Gasteiger charge is -2.40. The summed E-state index contributed by atoms with van der Waals surface area (Å²) in [7, 11) is 0. The Morgan fingerprint density at radius 1 is 1.19 bits per heavy atom. The van der Waals surface area contributed by atoms with Gasteiger partial charge in [-0.05, 0) is 30.9 Å². The van der Waals surface area contributed by atoms with Crippen LogP contribution >= 0.6 is 0 Å². The molecule has 0 bridgehead atoms. The van der Waals surface area contributed by atoms with Crippen molar-refractivity contribution >= 4 is 11.9 Å². The Morgan fingerprint density at radius 3 is 2.33 bits per heavy atom. The van der Waals surface area contributed by atoms with Crippen molar-refractivity contribution in [3.05, 3.63) is 35.4 Å². The maximum Gasteiger partial charge on any atom is 0.394 e. The predicted octanol–water partition coefficient (Wildman–Crippen LogP) is 2.76. The number of benzene rings is 1. The Hall–Kier alpha value is -2.09. The molecule has 2 fully saturated rings. The van der Waals surface area contributed by atoms with Gasteiger partial charge < -0.3 is 14.7 Å². The van der Waals surface area contributed by atoms with Crippen LogP contribution in [0.15, 0.2) is 24.3 Å². The summed E-state index contributed by atoms with van der Waals surface area (Å²) < 4.78 is 45.3. The number of aryl methyl sites for hydroxylation is 1. The summed E-state index contributed by atoms with van der Waals surface area (Å²) in [6.45, 7) is 1.49. The molecule has 0 aromatic heterocycles. The van der Waals surface area contributed by atoms with E-state index >= 15 is 0 Å². The third-order valence-corrected chi connectivity index (χ3v) is 5.76. The van der Waals surface area contributed by atoms with E-state index in [2.05, 4.69) is 0 Å². The van der Waals surface area contributed by atoms with Crippen LogP contribution in [-0.2, 0) is 19.7 Å². The van der Waals surface area contributed by atoms with E-state index in [1.165, 1.54) is 0 Å². The molecule has 1 aromatic rings. The van der Waals surface area contributed by atoms with Crippen LogP contribution in [0.2, 0.25) is 0 Å². The van der Waals surface area contributed by atoms with Crippen LogP contribution in [0.1, 0.15) is 24.0 Å². The third-order valence-electron chi connectivity index (χ3n) is 5.76. The van der Waals surface area contributed by atoms with Crippen molar-refractivity contribution < 1.29 is 32.6 Å². The number of amides is 1. The summed E-state index contributed by atoms with van der Waals surface area (Å²) in [6.07, 6.45) is -3.94. The number of halogens is 3. The molecule has 27 heavy (non-hydrogen) atoms. The molecule has 3 rings (SSSR count). The van der Waals surface area contributed by atoms with Crippen molar-refractivity contribution in [2.24, 2.45) is 11.8 Å². The summed E-state index contributed by atoms with van der Waals surface area (Å²) >= 11 is 0. The number of likely N-dealkylation sites (tertiary alicyclic amines) is 1. The highest BCUT2D eigenvalue weighted by atomic mass is 19.4. The molecule has 8 heteroatoms. The van der Waals surface area contributed by atoms with Gasteiger partial charge in [0.2, 0.25) is 5.91 Å². The molecule has 2 heterocycles. The third kappa shape index (κ3) is 3.54. The largest absolute Gasteiger partial charge is 0.481 e. The minimum Gasteiger partial charge on any atom is -0.481 e. The summed E-state index contributed by atoms with van der Waals surface area (Å²) in [5, 5.41) is 9.22. The Bertz CT molecular complexity index is 728. The van der Waals surface area contributed by atoms with Gasteiger partial charge in [-0.3, -0.25) is 9.59 Å². The summed E-state index contributed by atoms with van der Waals surface area (Å²) in [6, 6.07) is 7.33. The first-order valence-electron chi connectivity index (χ1n) is 8.89. The Balaban J connectivity index is 1.96. The highest BCUT2D eigenvalue weighted by Crippen LogP contribution is 2.43. The number of hydrogen-bond donors (Lipinski definition) is 1. The number of carbonyl (C=O) groups is 2. The molecule has 1 aromatic carbocycles. The van der Waals surface area contributed by atoms with Crippen LogP contribution in [0, 0.1) is 18.8 Å². The standard InChI is InChI=1S/C19H22F3NO4/c1-12-4-2-3-5-14(12)18(6-8-27-9-7-18)17(26)23-10-13(16(24)25)15(11-23)19(20,21)22/h2-5,13,15H,6-11H2,1H3,(H,24,25)/t13-,15-/m1/s1.